The number of nitrogens with zero attached hydrogens (tertiary/aromatic N) is 2. The summed E-state index contributed by atoms with van der Waals surface area (Å²) in [6.07, 6.45) is 4.09. The highest BCUT2D eigenvalue weighted by atomic mass is 16.7. The maximum atomic E-state index is 12.5. The largest absolute Gasteiger partial charge is 0.496 e. The quantitative estimate of drug-likeness (QED) is 0.813. The van der Waals surface area contributed by atoms with E-state index in [1.54, 1.807) is 11.1 Å². The summed E-state index contributed by atoms with van der Waals surface area (Å²) in [5.41, 5.74) is 0.464. The van der Waals surface area contributed by atoms with Crippen LogP contribution in [0.2, 0.25) is 0 Å². The Labute approximate surface area is 155 Å². The number of fused-ring (bicyclic) bond motifs is 1. The zero-order valence-electron chi connectivity index (χ0n) is 16.2. The lowest BCUT2D eigenvalue weighted by Gasteiger charge is -2.47. The zero-order valence-corrected chi connectivity index (χ0v) is 16.2. The standard InChI is InChI=1S/C19H27BN2O4/c1-17(2)18(3,4)26-20(25-17)13-8-12-6-7-15(23)22(16(12)21-11-13)14-9-19(5,24)10-14/h8,11,14,24H,6-7,9-10H2,1-5H3/t14-,19+. The number of hydrogen-bond donors (Lipinski definition) is 1. The van der Waals surface area contributed by atoms with Crippen LogP contribution in [0.3, 0.4) is 0 Å². The summed E-state index contributed by atoms with van der Waals surface area (Å²) in [5.74, 6) is 0.816. The van der Waals surface area contributed by atoms with E-state index in [1.807, 2.05) is 34.6 Å². The van der Waals surface area contributed by atoms with Crippen LogP contribution in [0.25, 0.3) is 0 Å². The molecule has 3 heterocycles. The number of aromatic nitrogens is 1. The molecule has 7 heteroatoms. The summed E-state index contributed by atoms with van der Waals surface area (Å²) >= 11 is 0. The fraction of sp³-hybridized carbons (Fsp3) is 0.684. The topological polar surface area (TPSA) is 71.9 Å². The average Bonchev–Trinajstić information content (AvgIpc) is 2.72. The molecule has 0 radical (unpaired) electrons. The highest BCUT2D eigenvalue weighted by Crippen LogP contribution is 2.40. The Bertz CT molecular complexity index is 738. The Morgan fingerprint density at radius 1 is 1.15 bits per heavy atom. The van der Waals surface area contributed by atoms with Crippen molar-refractivity contribution in [3.8, 4) is 0 Å². The Balaban J connectivity index is 1.61. The van der Waals surface area contributed by atoms with Gasteiger partial charge in [-0.25, -0.2) is 4.98 Å². The molecule has 1 amide bonds. The van der Waals surface area contributed by atoms with Crippen LogP contribution in [0.15, 0.2) is 12.3 Å². The van der Waals surface area contributed by atoms with Crippen molar-refractivity contribution in [2.75, 3.05) is 4.90 Å². The van der Waals surface area contributed by atoms with Crippen molar-refractivity contribution in [1.82, 2.24) is 4.98 Å². The van der Waals surface area contributed by atoms with Gasteiger partial charge in [-0.1, -0.05) is 6.07 Å². The maximum Gasteiger partial charge on any atom is 0.496 e. The molecule has 1 aromatic heterocycles. The van der Waals surface area contributed by atoms with Gasteiger partial charge in [0.25, 0.3) is 0 Å². The van der Waals surface area contributed by atoms with E-state index in [4.69, 9.17) is 9.31 Å². The van der Waals surface area contributed by atoms with Gasteiger partial charge in [0.2, 0.25) is 5.91 Å². The number of anilines is 1. The van der Waals surface area contributed by atoms with Crippen molar-refractivity contribution < 1.29 is 19.2 Å². The van der Waals surface area contributed by atoms with Gasteiger partial charge in [0.1, 0.15) is 5.82 Å². The lowest BCUT2D eigenvalue weighted by atomic mass is 9.75. The molecule has 2 aliphatic heterocycles. The van der Waals surface area contributed by atoms with E-state index in [2.05, 4.69) is 11.1 Å². The third kappa shape index (κ3) is 2.77. The Morgan fingerprint density at radius 2 is 1.77 bits per heavy atom. The molecule has 2 fully saturated rings. The van der Waals surface area contributed by atoms with Crippen LogP contribution in [0.4, 0.5) is 5.82 Å². The summed E-state index contributed by atoms with van der Waals surface area (Å²) in [7, 11) is -0.451. The second-order valence-electron chi connectivity index (χ2n) is 9.16. The van der Waals surface area contributed by atoms with Gasteiger partial charge in [-0.3, -0.25) is 9.69 Å². The summed E-state index contributed by atoms with van der Waals surface area (Å²) in [6, 6.07) is 2.09. The van der Waals surface area contributed by atoms with Gasteiger partial charge in [0.15, 0.2) is 0 Å². The van der Waals surface area contributed by atoms with E-state index in [-0.39, 0.29) is 11.9 Å². The minimum Gasteiger partial charge on any atom is -0.399 e. The SMILES string of the molecule is CC1(C)OB(c2cnc3c(c2)CCC(=O)N3[C@H]2C[C@@](C)(O)C2)OC1(C)C. The minimum atomic E-state index is -0.675. The first-order valence-electron chi connectivity index (χ1n) is 9.38. The molecule has 4 rings (SSSR count). The average molecular weight is 358 g/mol. The summed E-state index contributed by atoms with van der Waals surface area (Å²) < 4.78 is 12.2. The first-order valence-corrected chi connectivity index (χ1v) is 9.38. The van der Waals surface area contributed by atoms with Gasteiger partial charge in [0, 0.05) is 24.1 Å². The molecule has 1 N–H and O–H groups in total. The van der Waals surface area contributed by atoms with Gasteiger partial charge in [-0.05, 0) is 59.4 Å². The molecule has 1 saturated heterocycles. The van der Waals surface area contributed by atoms with Crippen molar-refractivity contribution in [2.45, 2.75) is 83.1 Å². The molecule has 1 aromatic rings. The van der Waals surface area contributed by atoms with E-state index < -0.39 is 23.9 Å². The van der Waals surface area contributed by atoms with E-state index in [9.17, 15) is 9.90 Å². The first kappa shape index (κ1) is 18.0. The second-order valence-corrected chi connectivity index (χ2v) is 9.16. The smallest absolute Gasteiger partial charge is 0.399 e. The van der Waals surface area contributed by atoms with Crippen LogP contribution in [0.1, 0.15) is 59.4 Å². The number of aliphatic hydroxyl groups is 1. The molecule has 26 heavy (non-hydrogen) atoms. The zero-order chi connectivity index (χ0) is 18.9. The number of pyridine rings is 1. The Hall–Kier alpha value is -1.44. The van der Waals surface area contributed by atoms with Gasteiger partial charge >= 0.3 is 7.12 Å². The van der Waals surface area contributed by atoms with Crippen LogP contribution >= 0.6 is 0 Å². The van der Waals surface area contributed by atoms with Gasteiger partial charge < -0.3 is 14.4 Å². The Kier molecular flexibility index (Phi) is 3.82. The van der Waals surface area contributed by atoms with Crippen molar-refractivity contribution in [3.05, 3.63) is 17.8 Å². The number of amides is 1. The van der Waals surface area contributed by atoms with E-state index in [0.29, 0.717) is 25.7 Å². The Morgan fingerprint density at radius 3 is 2.35 bits per heavy atom. The third-order valence-corrected chi connectivity index (χ3v) is 6.31. The normalized spacial score (nSPS) is 32.4. The summed E-state index contributed by atoms with van der Waals surface area (Å²) in [5, 5.41) is 10.0. The number of carbonyl (C=O) groups excluding carboxylic acids is 1. The van der Waals surface area contributed by atoms with Crippen LogP contribution < -0.4 is 10.4 Å². The molecule has 0 unspecified atom stereocenters. The van der Waals surface area contributed by atoms with Crippen LogP contribution in [-0.4, -0.2) is 46.0 Å². The number of carbonyl (C=O) groups is 1. The van der Waals surface area contributed by atoms with E-state index in [0.717, 1.165) is 16.8 Å². The lowest BCUT2D eigenvalue weighted by molar-refractivity contribution is -0.121. The fourth-order valence-electron chi connectivity index (χ4n) is 4.03. The van der Waals surface area contributed by atoms with Crippen molar-refractivity contribution in [1.29, 1.82) is 0 Å². The third-order valence-electron chi connectivity index (χ3n) is 6.31. The minimum absolute atomic E-state index is 0.0340. The number of rotatable bonds is 2. The van der Waals surface area contributed by atoms with Crippen molar-refractivity contribution >= 4 is 24.3 Å². The fourth-order valence-corrected chi connectivity index (χ4v) is 4.03. The van der Waals surface area contributed by atoms with Gasteiger partial charge in [0.05, 0.1) is 16.8 Å². The van der Waals surface area contributed by atoms with Crippen LogP contribution in [0, 0.1) is 0 Å². The number of aryl methyl sites for hydroxylation is 1. The summed E-state index contributed by atoms with van der Waals surface area (Å²) in [4.78, 5) is 18.9. The molecular formula is C19H27BN2O4. The van der Waals surface area contributed by atoms with Crippen molar-refractivity contribution in [2.24, 2.45) is 0 Å². The molecule has 0 atom stereocenters. The first-order chi connectivity index (χ1) is 12.0. The van der Waals surface area contributed by atoms with Crippen LogP contribution in [0.5, 0.6) is 0 Å². The molecular weight excluding hydrogens is 331 g/mol. The maximum absolute atomic E-state index is 12.5. The molecule has 0 bridgehead atoms. The second kappa shape index (κ2) is 5.53. The molecule has 0 aromatic carbocycles. The predicted octanol–water partition coefficient (Wildman–Crippen LogP) is 1.57. The molecule has 1 saturated carbocycles. The van der Waals surface area contributed by atoms with E-state index in [1.165, 1.54) is 0 Å². The van der Waals surface area contributed by atoms with Crippen molar-refractivity contribution in [3.63, 3.8) is 0 Å². The molecule has 0 spiro atoms. The van der Waals surface area contributed by atoms with Gasteiger partial charge in [-0.2, -0.15) is 0 Å². The highest BCUT2D eigenvalue weighted by molar-refractivity contribution is 6.62. The molecule has 140 valence electrons. The van der Waals surface area contributed by atoms with Crippen LogP contribution in [-0.2, 0) is 20.5 Å². The highest BCUT2D eigenvalue weighted by Gasteiger charge is 2.52. The molecule has 6 nitrogen and oxygen atoms in total. The molecule has 3 aliphatic rings. The monoisotopic (exact) mass is 358 g/mol. The predicted molar refractivity (Wildman–Crippen MR) is 99.4 cm³/mol. The molecule has 1 aliphatic carbocycles. The van der Waals surface area contributed by atoms with Gasteiger partial charge in [-0.15, -0.1) is 0 Å². The number of hydrogen-bond acceptors (Lipinski definition) is 5. The van der Waals surface area contributed by atoms with E-state index >= 15 is 0 Å². The lowest BCUT2D eigenvalue weighted by Crippen LogP contribution is -2.57. The summed E-state index contributed by atoms with van der Waals surface area (Å²) in [6.45, 7) is 9.93.